The Morgan fingerprint density at radius 2 is 2.00 bits per heavy atom. The topological polar surface area (TPSA) is 47.3 Å². The van der Waals surface area contributed by atoms with Gasteiger partial charge in [0.05, 0.1) is 12.7 Å². The molecule has 0 aliphatic carbocycles. The van der Waals surface area contributed by atoms with Crippen molar-refractivity contribution in [3.63, 3.8) is 0 Å². The van der Waals surface area contributed by atoms with Crippen LogP contribution in [0.3, 0.4) is 0 Å². The molecule has 0 saturated heterocycles. The molecule has 0 unspecified atom stereocenters. The molecule has 0 fully saturated rings. The van der Waals surface area contributed by atoms with Gasteiger partial charge in [0.25, 0.3) is 0 Å². The maximum atomic E-state index is 5.73. The second-order valence-electron chi connectivity index (χ2n) is 3.68. The number of benzene rings is 1. The van der Waals surface area contributed by atoms with Crippen molar-refractivity contribution in [2.24, 2.45) is 5.84 Å². The first-order chi connectivity index (χ1) is 7.27. The van der Waals surface area contributed by atoms with Crippen LogP contribution < -0.4 is 11.3 Å². The van der Waals surface area contributed by atoms with E-state index in [2.05, 4.69) is 24.5 Å². The Kier molecular flexibility index (Phi) is 5.32. The van der Waals surface area contributed by atoms with E-state index in [4.69, 9.17) is 10.6 Å². The lowest BCUT2D eigenvalue weighted by molar-refractivity contribution is 0.0261. The lowest BCUT2D eigenvalue weighted by Gasteiger charge is -2.22. The Bertz CT molecular complexity index is 260. The van der Waals surface area contributed by atoms with Gasteiger partial charge in [0.15, 0.2) is 0 Å². The quantitative estimate of drug-likeness (QED) is 0.554. The van der Waals surface area contributed by atoms with Crippen LogP contribution in [0.1, 0.15) is 25.8 Å². The van der Waals surface area contributed by atoms with Crippen molar-refractivity contribution in [1.82, 2.24) is 5.43 Å². The summed E-state index contributed by atoms with van der Waals surface area (Å²) in [5, 5.41) is 0. The number of rotatable bonds is 6. The van der Waals surface area contributed by atoms with Gasteiger partial charge in [-0.25, -0.2) is 0 Å². The van der Waals surface area contributed by atoms with Crippen LogP contribution in [0.2, 0.25) is 0 Å². The van der Waals surface area contributed by atoms with Crippen LogP contribution in [0.15, 0.2) is 30.3 Å². The van der Waals surface area contributed by atoms with Gasteiger partial charge >= 0.3 is 0 Å². The van der Waals surface area contributed by atoms with Crippen LogP contribution in [0, 0.1) is 0 Å². The molecule has 3 N–H and O–H groups in total. The van der Waals surface area contributed by atoms with Crippen LogP contribution in [0.5, 0.6) is 0 Å². The van der Waals surface area contributed by atoms with E-state index in [1.807, 2.05) is 25.1 Å². The molecule has 0 heterocycles. The van der Waals surface area contributed by atoms with Crippen molar-refractivity contribution < 1.29 is 4.74 Å². The largest absolute Gasteiger partial charge is 0.372 e. The zero-order chi connectivity index (χ0) is 11.1. The number of hydrazine groups is 1. The number of nitrogens with one attached hydrogen (secondary N) is 1. The molecule has 1 aromatic rings. The molecule has 3 heteroatoms. The minimum Gasteiger partial charge on any atom is -0.372 e. The molecule has 0 bridgehead atoms. The Morgan fingerprint density at radius 1 is 1.33 bits per heavy atom. The van der Waals surface area contributed by atoms with Gasteiger partial charge < -0.3 is 4.74 Å². The van der Waals surface area contributed by atoms with Crippen LogP contribution in [0.25, 0.3) is 0 Å². The van der Waals surface area contributed by atoms with Crippen LogP contribution in [-0.4, -0.2) is 12.1 Å². The Balaban J connectivity index is 2.36. The lowest BCUT2D eigenvalue weighted by atomic mass is 10.1. The minimum absolute atomic E-state index is 0.125. The molecule has 2 atom stereocenters. The average Bonchev–Trinajstić information content (AvgIpc) is 2.29. The fraction of sp³-hybridized carbons (Fsp3) is 0.500. The van der Waals surface area contributed by atoms with Crippen LogP contribution in [-0.2, 0) is 11.3 Å². The van der Waals surface area contributed by atoms with Crippen molar-refractivity contribution in [2.45, 2.75) is 39.0 Å². The molecular formula is C12H20N2O. The van der Waals surface area contributed by atoms with Gasteiger partial charge in [-0.3, -0.25) is 11.3 Å². The van der Waals surface area contributed by atoms with E-state index in [0.29, 0.717) is 6.61 Å². The Morgan fingerprint density at radius 3 is 2.53 bits per heavy atom. The molecule has 0 saturated carbocycles. The van der Waals surface area contributed by atoms with Gasteiger partial charge in [0, 0.05) is 6.04 Å². The highest BCUT2D eigenvalue weighted by molar-refractivity contribution is 5.13. The zero-order valence-corrected chi connectivity index (χ0v) is 9.44. The van der Waals surface area contributed by atoms with Gasteiger partial charge in [-0.15, -0.1) is 0 Å². The molecular weight excluding hydrogens is 188 g/mol. The molecule has 0 aliphatic heterocycles. The third-order valence-corrected chi connectivity index (χ3v) is 2.58. The SMILES string of the molecule is CC[C@@H](NN)[C@H](C)OCc1ccccc1. The third-order valence-electron chi connectivity index (χ3n) is 2.58. The molecule has 15 heavy (non-hydrogen) atoms. The van der Waals surface area contributed by atoms with Crippen LogP contribution in [0.4, 0.5) is 0 Å². The number of hydrogen-bond acceptors (Lipinski definition) is 3. The maximum absolute atomic E-state index is 5.73. The zero-order valence-electron chi connectivity index (χ0n) is 9.44. The summed E-state index contributed by atoms with van der Waals surface area (Å²) in [4.78, 5) is 0. The summed E-state index contributed by atoms with van der Waals surface area (Å²) in [6, 6.07) is 10.4. The van der Waals surface area contributed by atoms with Gasteiger partial charge in [-0.2, -0.15) is 0 Å². The normalized spacial score (nSPS) is 14.9. The Labute approximate surface area is 91.6 Å². The number of ether oxygens (including phenoxy) is 1. The first kappa shape index (κ1) is 12.2. The highest BCUT2D eigenvalue weighted by atomic mass is 16.5. The van der Waals surface area contributed by atoms with E-state index < -0.39 is 0 Å². The summed E-state index contributed by atoms with van der Waals surface area (Å²) < 4.78 is 5.73. The maximum Gasteiger partial charge on any atom is 0.0721 e. The van der Waals surface area contributed by atoms with Gasteiger partial charge in [-0.1, -0.05) is 37.3 Å². The molecule has 1 aromatic carbocycles. The van der Waals surface area contributed by atoms with Crippen molar-refractivity contribution in [2.75, 3.05) is 0 Å². The van der Waals surface area contributed by atoms with Crippen molar-refractivity contribution in [1.29, 1.82) is 0 Å². The van der Waals surface area contributed by atoms with Crippen molar-refractivity contribution in [3.8, 4) is 0 Å². The fourth-order valence-electron chi connectivity index (χ4n) is 1.50. The lowest BCUT2D eigenvalue weighted by Crippen LogP contribution is -2.43. The summed E-state index contributed by atoms with van der Waals surface area (Å²) >= 11 is 0. The second kappa shape index (κ2) is 6.56. The summed E-state index contributed by atoms with van der Waals surface area (Å²) in [7, 11) is 0. The summed E-state index contributed by atoms with van der Waals surface area (Å²) in [6.45, 7) is 4.77. The first-order valence-corrected chi connectivity index (χ1v) is 5.39. The molecule has 3 nitrogen and oxygen atoms in total. The van der Waals surface area contributed by atoms with E-state index in [1.165, 1.54) is 5.56 Å². The van der Waals surface area contributed by atoms with Crippen molar-refractivity contribution >= 4 is 0 Å². The minimum atomic E-state index is 0.125. The summed E-state index contributed by atoms with van der Waals surface area (Å²) in [5.74, 6) is 5.42. The second-order valence-corrected chi connectivity index (χ2v) is 3.68. The van der Waals surface area contributed by atoms with E-state index in [1.54, 1.807) is 0 Å². The van der Waals surface area contributed by atoms with E-state index in [0.717, 1.165) is 6.42 Å². The molecule has 0 aliphatic rings. The van der Waals surface area contributed by atoms with Crippen molar-refractivity contribution in [3.05, 3.63) is 35.9 Å². The average molecular weight is 208 g/mol. The molecule has 1 rings (SSSR count). The monoisotopic (exact) mass is 208 g/mol. The third kappa shape index (κ3) is 4.00. The van der Waals surface area contributed by atoms with E-state index in [-0.39, 0.29) is 12.1 Å². The number of hydrogen-bond donors (Lipinski definition) is 2. The summed E-state index contributed by atoms with van der Waals surface area (Å²) in [6.07, 6.45) is 1.09. The molecule has 84 valence electrons. The predicted molar refractivity (Wildman–Crippen MR) is 62.1 cm³/mol. The summed E-state index contributed by atoms with van der Waals surface area (Å²) in [5.41, 5.74) is 3.95. The van der Waals surface area contributed by atoms with Gasteiger partial charge in [0.1, 0.15) is 0 Å². The Hall–Kier alpha value is -0.900. The molecule has 0 aromatic heterocycles. The number of nitrogens with two attached hydrogens (primary N) is 1. The van der Waals surface area contributed by atoms with Gasteiger partial charge in [0.2, 0.25) is 0 Å². The standard InChI is InChI=1S/C12H20N2O/c1-3-12(14-13)10(2)15-9-11-7-5-4-6-8-11/h4-8,10,12,14H,3,9,13H2,1-2H3/t10-,12+/m0/s1. The highest BCUT2D eigenvalue weighted by Crippen LogP contribution is 2.07. The predicted octanol–water partition coefficient (Wildman–Crippen LogP) is 1.83. The molecule has 0 spiro atoms. The first-order valence-electron chi connectivity index (χ1n) is 5.39. The van der Waals surface area contributed by atoms with E-state index >= 15 is 0 Å². The van der Waals surface area contributed by atoms with Crippen LogP contribution >= 0.6 is 0 Å². The fourth-order valence-corrected chi connectivity index (χ4v) is 1.50. The van der Waals surface area contributed by atoms with Gasteiger partial charge in [-0.05, 0) is 18.9 Å². The molecule has 0 amide bonds. The highest BCUT2D eigenvalue weighted by Gasteiger charge is 2.13. The molecule has 0 radical (unpaired) electrons. The smallest absolute Gasteiger partial charge is 0.0721 e. The van der Waals surface area contributed by atoms with E-state index in [9.17, 15) is 0 Å².